The second-order valence-corrected chi connectivity index (χ2v) is 6.68. The summed E-state index contributed by atoms with van der Waals surface area (Å²) in [5.74, 6) is -0.550. The van der Waals surface area contributed by atoms with Gasteiger partial charge < -0.3 is 4.74 Å². The molecule has 142 valence electrons. The van der Waals surface area contributed by atoms with Crippen LogP contribution in [0.15, 0.2) is 91.0 Å². The van der Waals surface area contributed by atoms with Gasteiger partial charge in [-0.25, -0.2) is 4.79 Å². The molecule has 0 N–H and O–H groups in total. The van der Waals surface area contributed by atoms with Crippen LogP contribution < -0.4 is 0 Å². The van der Waals surface area contributed by atoms with Crippen LogP contribution in [0.3, 0.4) is 0 Å². The van der Waals surface area contributed by atoms with Gasteiger partial charge in [0.25, 0.3) is 0 Å². The van der Waals surface area contributed by atoms with E-state index in [1.54, 1.807) is 19.1 Å². The summed E-state index contributed by atoms with van der Waals surface area (Å²) in [7, 11) is 0. The van der Waals surface area contributed by atoms with Crippen LogP contribution >= 0.6 is 0 Å². The number of rotatable bonds is 5. The maximum absolute atomic E-state index is 13.6. The summed E-state index contributed by atoms with van der Waals surface area (Å²) in [6.07, 6.45) is 0. The highest BCUT2D eigenvalue weighted by atomic mass is 16.5. The largest absolute Gasteiger partial charge is 0.462 e. The van der Waals surface area contributed by atoms with Crippen molar-refractivity contribution in [1.29, 1.82) is 0 Å². The zero-order valence-electron chi connectivity index (χ0n) is 16.1. The lowest BCUT2D eigenvalue weighted by Gasteiger charge is -2.17. The molecule has 4 rings (SSSR count). The first-order valence-electron chi connectivity index (χ1n) is 9.58. The summed E-state index contributed by atoms with van der Waals surface area (Å²) in [5, 5.41) is 1.64. The Morgan fingerprint density at radius 1 is 0.793 bits per heavy atom. The van der Waals surface area contributed by atoms with E-state index in [1.165, 1.54) is 0 Å². The van der Waals surface area contributed by atoms with Gasteiger partial charge in [0.2, 0.25) is 0 Å². The third-order valence-corrected chi connectivity index (χ3v) is 4.87. The van der Waals surface area contributed by atoms with Crippen molar-refractivity contribution < 1.29 is 14.3 Å². The van der Waals surface area contributed by atoms with E-state index in [-0.39, 0.29) is 12.4 Å². The molecule has 4 aromatic rings. The van der Waals surface area contributed by atoms with Crippen LogP contribution in [-0.4, -0.2) is 18.4 Å². The number of carbonyl (C=O) groups is 2. The predicted molar refractivity (Wildman–Crippen MR) is 115 cm³/mol. The summed E-state index contributed by atoms with van der Waals surface area (Å²) in [6, 6.07) is 28.1. The Labute approximate surface area is 169 Å². The van der Waals surface area contributed by atoms with Crippen LogP contribution in [0, 0.1) is 0 Å². The van der Waals surface area contributed by atoms with Gasteiger partial charge in [0.1, 0.15) is 0 Å². The third kappa shape index (κ3) is 3.55. The molecule has 0 heterocycles. The molecule has 0 saturated carbocycles. The molecule has 0 aliphatic rings. The second kappa shape index (κ2) is 8.11. The molecule has 0 aliphatic heterocycles. The first-order valence-corrected chi connectivity index (χ1v) is 9.58. The minimum Gasteiger partial charge on any atom is -0.462 e. The molecule has 0 unspecified atom stereocenters. The van der Waals surface area contributed by atoms with Crippen molar-refractivity contribution in [2.75, 3.05) is 6.61 Å². The Kier molecular flexibility index (Phi) is 5.21. The number of esters is 1. The molecular formula is C26H20O3. The highest BCUT2D eigenvalue weighted by Gasteiger charge is 2.25. The molecule has 29 heavy (non-hydrogen) atoms. The summed E-state index contributed by atoms with van der Waals surface area (Å²) in [5.41, 5.74) is 2.91. The van der Waals surface area contributed by atoms with Crippen LogP contribution in [0.5, 0.6) is 0 Å². The summed E-state index contributed by atoms with van der Waals surface area (Å²) in [6.45, 7) is 2.04. The molecule has 0 fully saturated rings. The van der Waals surface area contributed by atoms with Crippen LogP contribution in [0.25, 0.3) is 21.9 Å². The zero-order chi connectivity index (χ0) is 20.2. The first-order chi connectivity index (χ1) is 14.2. The van der Waals surface area contributed by atoms with Crippen molar-refractivity contribution in [3.8, 4) is 11.1 Å². The molecule has 3 heteroatoms. The van der Waals surface area contributed by atoms with Gasteiger partial charge >= 0.3 is 5.97 Å². The fraction of sp³-hybridized carbons (Fsp3) is 0.0769. The zero-order valence-corrected chi connectivity index (χ0v) is 16.1. The van der Waals surface area contributed by atoms with Crippen molar-refractivity contribution >= 4 is 22.5 Å². The van der Waals surface area contributed by atoms with Gasteiger partial charge in [-0.1, -0.05) is 84.9 Å². The van der Waals surface area contributed by atoms with Gasteiger partial charge in [-0.05, 0) is 29.3 Å². The first kappa shape index (κ1) is 18.6. The Morgan fingerprint density at radius 3 is 2.10 bits per heavy atom. The summed E-state index contributed by atoms with van der Waals surface area (Å²) >= 11 is 0. The fourth-order valence-corrected chi connectivity index (χ4v) is 3.59. The minimum atomic E-state index is -0.431. The van der Waals surface area contributed by atoms with Gasteiger partial charge in [0.05, 0.1) is 12.2 Å². The quantitative estimate of drug-likeness (QED) is 0.319. The topological polar surface area (TPSA) is 43.4 Å². The van der Waals surface area contributed by atoms with Gasteiger partial charge in [-0.15, -0.1) is 0 Å². The number of ketones is 1. The monoisotopic (exact) mass is 380 g/mol. The number of ether oxygens (including phenoxy) is 1. The van der Waals surface area contributed by atoms with E-state index in [0.29, 0.717) is 22.3 Å². The van der Waals surface area contributed by atoms with E-state index in [1.807, 2.05) is 78.9 Å². The molecule has 3 nitrogen and oxygen atoms in total. The van der Waals surface area contributed by atoms with E-state index in [9.17, 15) is 9.59 Å². The predicted octanol–water partition coefficient (Wildman–Crippen LogP) is 5.91. The van der Waals surface area contributed by atoms with Crippen molar-refractivity contribution in [3.05, 3.63) is 108 Å². The van der Waals surface area contributed by atoms with Gasteiger partial charge in [-0.3, -0.25) is 4.79 Å². The van der Waals surface area contributed by atoms with Gasteiger partial charge in [0, 0.05) is 16.7 Å². The van der Waals surface area contributed by atoms with Crippen molar-refractivity contribution in [3.63, 3.8) is 0 Å². The van der Waals surface area contributed by atoms with E-state index >= 15 is 0 Å². The maximum Gasteiger partial charge on any atom is 0.338 e. The molecule has 0 aliphatic carbocycles. The highest BCUT2D eigenvalue weighted by molar-refractivity contribution is 6.23. The number of fused-ring (bicyclic) bond motifs is 1. The Morgan fingerprint density at radius 2 is 1.41 bits per heavy atom. The molecule has 0 atom stereocenters. The van der Waals surface area contributed by atoms with E-state index in [2.05, 4.69) is 0 Å². The van der Waals surface area contributed by atoms with Crippen LogP contribution in [0.4, 0.5) is 0 Å². The minimum absolute atomic E-state index is 0.119. The summed E-state index contributed by atoms with van der Waals surface area (Å²) < 4.78 is 5.33. The Bertz CT molecular complexity index is 1180. The number of hydrogen-bond donors (Lipinski definition) is 0. The number of hydrogen-bond acceptors (Lipinski definition) is 3. The van der Waals surface area contributed by atoms with Gasteiger partial charge in [0.15, 0.2) is 5.78 Å². The third-order valence-electron chi connectivity index (χ3n) is 4.87. The fourth-order valence-electron chi connectivity index (χ4n) is 3.59. The molecule has 0 radical (unpaired) electrons. The lowest BCUT2D eigenvalue weighted by molar-refractivity contribution is 0.0527. The Hall–Kier alpha value is -3.72. The molecule has 0 saturated heterocycles. The lowest BCUT2D eigenvalue weighted by Crippen LogP contribution is -2.12. The summed E-state index contributed by atoms with van der Waals surface area (Å²) in [4.78, 5) is 26.5. The molecule has 0 spiro atoms. The van der Waals surface area contributed by atoms with Gasteiger partial charge in [-0.2, -0.15) is 0 Å². The maximum atomic E-state index is 13.6. The molecular weight excluding hydrogens is 360 g/mol. The van der Waals surface area contributed by atoms with E-state index in [4.69, 9.17) is 4.74 Å². The van der Waals surface area contributed by atoms with Crippen LogP contribution in [0.2, 0.25) is 0 Å². The van der Waals surface area contributed by atoms with Crippen LogP contribution in [-0.2, 0) is 4.74 Å². The molecule has 4 aromatic carbocycles. The molecule has 0 bridgehead atoms. The normalized spacial score (nSPS) is 10.7. The Balaban J connectivity index is 2.11. The lowest BCUT2D eigenvalue weighted by atomic mass is 9.86. The van der Waals surface area contributed by atoms with Crippen LogP contribution in [0.1, 0.15) is 33.2 Å². The van der Waals surface area contributed by atoms with E-state index in [0.717, 1.165) is 16.3 Å². The number of benzene rings is 4. The molecule has 0 amide bonds. The molecule has 0 aromatic heterocycles. The highest BCUT2D eigenvalue weighted by Crippen LogP contribution is 2.36. The smallest absolute Gasteiger partial charge is 0.338 e. The standard InChI is InChI=1S/C26H20O3/c1-2-29-26(28)22-17-20-15-9-10-16-21(20)24(23(22)18-11-5-3-6-12-18)25(27)19-13-7-4-8-14-19/h3-17H,2H2,1H3. The van der Waals surface area contributed by atoms with Crippen molar-refractivity contribution in [2.45, 2.75) is 6.92 Å². The SMILES string of the molecule is CCOC(=O)c1cc2ccccc2c(C(=O)c2ccccc2)c1-c1ccccc1. The average Bonchev–Trinajstić information content (AvgIpc) is 2.78. The van der Waals surface area contributed by atoms with E-state index < -0.39 is 5.97 Å². The average molecular weight is 380 g/mol. The van der Waals surface area contributed by atoms with Crippen molar-refractivity contribution in [2.24, 2.45) is 0 Å². The second-order valence-electron chi connectivity index (χ2n) is 6.68. The van der Waals surface area contributed by atoms with Crippen molar-refractivity contribution in [1.82, 2.24) is 0 Å². The number of carbonyl (C=O) groups excluding carboxylic acids is 2.